The van der Waals surface area contributed by atoms with Gasteiger partial charge in [0.1, 0.15) is 0 Å². The van der Waals surface area contributed by atoms with Gasteiger partial charge >= 0.3 is 11.9 Å². The van der Waals surface area contributed by atoms with Crippen LogP contribution in [0.15, 0.2) is 66.7 Å². The van der Waals surface area contributed by atoms with E-state index in [0.717, 1.165) is 11.1 Å². The zero-order valence-corrected chi connectivity index (χ0v) is 13.1. The third-order valence-electron chi connectivity index (χ3n) is 3.12. The van der Waals surface area contributed by atoms with Crippen LogP contribution in [0.3, 0.4) is 0 Å². The third-order valence-corrected chi connectivity index (χ3v) is 3.12. The number of carbonyl (C=O) groups excluding carboxylic acids is 2. The summed E-state index contributed by atoms with van der Waals surface area (Å²) in [7, 11) is 0. The summed E-state index contributed by atoms with van der Waals surface area (Å²) < 4.78 is 10.00. The zero-order chi connectivity index (χ0) is 16.8. The molecular weight excluding hydrogens is 292 g/mol. The van der Waals surface area contributed by atoms with Crippen LogP contribution in [0, 0.1) is 0 Å². The van der Waals surface area contributed by atoms with Crippen molar-refractivity contribution >= 4 is 11.9 Å². The number of hydrogen-bond acceptors (Lipinski definition) is 4. The van der Waals surface area contributed by atoms with Crippen LogP contribution in [0.2, 0.25) is 0 Å². The van der Waals surface area contributed by atoms with Gasteiger partial charge in [0.2, 0.25) is 6.29 Å². The predicted octanol–water partition coefficient (Wildman–Crippen LogP) is 3.98. The number of benzene rings is 2. The quantitative estimate of drug-likeness (QED) is 0.476. The molecular formula is C19H18O4. The van der Waals surface area contributed by atoms with Crippen molar-refractivity contribution in [2.45, 2.75) is 20.1 Å². The standard InChI is InChI=1S/C19H18O4/c1-13(2)18(20)22-14(3)23-19(21)17-11-9-16(10-12-17)15-7-5-4-6-8-15/h4-12,14H,1H2,2-3H3. The Bertz CT molecular complexity index is 702. The van der Waals surface area contributed by atoms with Crippen LogP contribution < -0.4 is 0 Å². The average molecular weight is 310 g/mol. The third kappa shape index (κ3) is 4.54. The Balaban J connectivity index is 2.00. The minimum Gasteiger partial charge on any atom is -0.422 e. The lowest BCUT2D eigenvalue weighted by Crippen LogP contribution is -2.22. The average Bonchev–Trinajstić information content (AvgIpc) is 2.55. The Hall–Kier alpha value is -2.88. The highest BCUT2D eigenvalue weighted by Crippen LogP contribution is 2.19. The molecule has 0 aliphatic carbocycles. The van der Waals surface area contributed by atoms with Crippen LogP contribution in [0.25, 0.3) is 11.1 Å². The van der Waals surface area contributed by atoms with Gasteiger partial charge in [-0.3, -0.25) is 0 Å². The fourth-order valence-electron chi connectivity index (χ4n) is 1.92. The maximum absolute atomic E-state index is 12.0. The molecule has 0 saturated heterocycles. The number of carbonyl (C=O) groups is 2. The van der Waals surface area contributed by atoms with Crippen molar-refractivity contribution in [3.05, 3.63) is 72.3 Å². The molecule has 0 spiro atoms. The molecule has 0 heterocycles. The molecule has 0 aliphatic heterocycles. The van der Waals surface area contributed by atoms with Gasteiger partial charge in [0.25, 0.3) is 0 Å². The van der Waals surface area contributed by atoms with Gasteiger partial charge in [0, 0.05) is 12.5 Å². The molecule has 0 amide bonds. The Morgan fingerprint density at radius 1 is 0.913 bits per heavy atom. The number of rotatable bonds is 5. The second-order valence-electron chi connectivity index (χ2n) is 5.10. The first kappa shape index (κ1) is 16.5. The van der Waals surface area contributed by atoms with Crippen molar-refractivity contribution < 1.29 is 19.1 Å². The summed E-state index contributed by atoms with van der Waals surface area (Å²) in [6.45, 7) is 6.48. The Labute approximate surface area is 135 Å². The molecule has 0 fully saturated rings. The largest absolute Gasteiger partial charge is 0.422 e. The Kier molecular flexibility index (Phi) is 5.31. The smallest absolute Gasteiger partial charge is 0.341 e. The summed E-state index contributed by atoms with van der Waals surface area (Å²) in [4.78, 5) is 23.4. The van der Waals surface area contributed by atoms with Gasteiger partial charge in [-0.25, -0.2) is 9.59 Å². The van der Waals surface area contributed by atoms with E-state index in [1.54, 1.807) is 12.1 Å². The lowest BCUT2D eigenvalue weighted by atomic mass is 10.0. The van der Waals surface area contributed by atoms with Gasteiger partial charge in [0.15, 0.2) is 0 Å². The van der Waals surface area contributed by atoms with Crippen molar-refractivity contribution in [2.75, 3.05) is 0 Å². The van der Waals surface area contributed by atoms with Crippen LogP contribution in [0.4, 0.5) is 0 Å². The molecule has 2 rings (SSSR count). The van der Waals surface area contributed by atoms with Crippen LogP contribution >= 0.6 is 0 Å². The molecule has 1 atom stereocenters. The van der Waals surface area contributed by atoms with Crippen molar-refractivity contribution in [2.24, 2.45) is 0 Å². The molecule has 4 nitrogen and oxygen atoms in total. The van der Waals surface area contributed by atoms with E-state index in [1.807, 2.05) is 42.5 Å². The van der Waals surface area contributed by atoms with E-state index in [1.165, 1.54) is 13.8 Å². The monoisotopic (exact) mass is 310 g/mol. The first-order chi connectivity index (χ1) is 11.0. The Morgan fingerprint density at radius 2 is 1.48 bits per heavy atom. The predicted molar refractivity (Wildman–Crippen MR) is 87.7 cm³/mol. The van der Waals surface area contributed by atoms with Crippen LogP contribution in [-0.4, -0.2) is 18.2 Å². The molecule has 2 aromatic rings. The summed E-state index contributed by atoms with van der Waals surface area (Å²) in [5, 5.41) is 0. The van der Waals surface area contributed by atoms with E-state index in [-0.39, 0.29) is 5.57 Å². The van der Waals surface area contributed by atoms with Gasteiger partial charge in [0.05, 0.1) is 5.56 Å². The van der Waals surface area contributed by atoms with Crippen LogP contribution in [0.5, 0.6) is 0 Å². The molecule has 0 radical (unpaired) electrons. The van der Waals surface area contributed by atoms with Crippen molar-refractivity contribution in [3.8, 4) is 11.1 Å². The van der Waals surface area contributed by atoms with Crippen molar-refractivity contribution in [1.82, 2.24) is 0 Å². The first-order valence-corrected chi connectivity index (χ1v) is 7.20. The van der Waals surface area contributed by atoms with Crippen LogP contribution in [0.1, 0.15) is 24.2 Å². The van der Waals surface area contributed by atoms with Gasteiger partial charge < -0.3 is 9.47 Å². The topological polar surface area (TPSA) is 52.6 Å². The number of ether oxygens (including phenoxy) is 2. The fourth-order valence-corrected chi connectivity index (χ4v) is 1.92. The highest BCUT2D eigenvalue weighted by atomic mass is 16.7. The number of esters is 2. The van der Waals surface area contributed by atoms with Crippen molar-refractivity contribution in [1.29, 1.82) is 0 Å². The normalized spacial score (nSPS) is 11.4. The summed E-state index contributed by atoms with van der Waals surface area (Å²) in [5.74, 6) is -1.14. The van der Waals surface area contributed by atoms with E-state index in [0.29, 0.717) is 5.56 Å². The molecule has 0 aromatic heterocycles. The minimum atomic E-state index is -0.972. The highest BCUT2D eigenvalue weighted by molar-refractivity contribution is 5.90. The van der Waals surface area contributed by atoms with Gasteiger partial charge in [-0.1, -0.05) is 49.0 Å². The van der Waals surface area contributed by atoms with Crippen molar-refractivity contribution in [3.63, 3.8) is 0 Å². The molecule has 4 heteroatoms. The summed E-state index contributed by atoms with van der Waals surface area (Å²) >= 11 is 0. The minimum absolute atomic E-state index is 0.250. The van der Waals surface area contributed by atoms with E-state index < -0.39 is 18.2 Å². The highest BCUT2D eigenvalue weighted by Gasteiger charge is 2.16. The molecule has 0 N–H and O–H groups in total. The lowest BCUT2D eigenvalue weighted by molar-refractivity contribution is -0.160. The van der Waals surface area contributed by atoms with Gasteiger partial charge in [-0.2, -0.15) is 0 Å². The summed E-state index contributed by atoms with van der Waals surface area (Å²) in [6.07, 6.45) is -0.972. The molecule has 1 unspecified atom stereocenters. The van der Waals surface area contributed by atoms with Crippen LogP contribution in [-0.2, 0) is 14.3 Å². The van der Waals surface area contributed by atoms with E-state index in [2.05, 4.69) is 6.58 Å². The molecule has 2 aromatic carbocycles. The van der Waals surface area contributed by atoms with Gasteiger partial charge in [-0.15, -0.1) is 0 Å². The fraction of sp³-hybridized carbons (Fsp3) is 0.158. The summed E-state index contributed by atoms with van der Waals surface area (Å²) in [6, 6.07) is 16.9. The number of hydrogen-bond donors (Lipinski definition) is 0. The molecule has 118 valence electrons. The molecule has 0 aliphatic rings. The maximum atomic E-state index is 12.0. The second kappa shape index (κ2) is 7.40. The zero-order valence-electron chi connectivity index (χ0n) is 13.1. The molecule has 0 saturated carbocycles. The van der Waals surface area contributed by atoms with E-state index in [4.69, 9.17) is 9.47 Å². The molecule has 0 bridgehead atoms. The van der Waals surface area contributed by atoms with E-state index >= 15 is 0 Å². The SMILES string of the molecule is C=C(C)C(=O)OC(C)OC(=O)c1ccc(-c2ccccc2)cc1. The summed E-state index contributed by atoms with van der Waals surface area (Å²) in [5.41, 5.74) is 2.71. The lowest BCUT2D eigenvalue weighted by Gasteiger charge is -2.14. The van der Waals surface area contributed by atoms with Gasteiger partial charge in [-0.05, 0) is 30.2 Å². The Morgan fingerprint density at radius 3 is 2.04 bits per heavy atom. The van der Waals surface area contributed by atoms with E-state index in [9.17, 15) is 9.59 Å². The first-order valence-electron chi connectivity index (χ1n) is 7.20. The maximum Gasteiger partial charge on any atom is 0.341 e. The second-order valence-corrected chi connectivity index (χ2v) is 5.10. The molecule has 23 heavy (non-hydrogen) atoms.